The van der Waals surface area contributed by atoms with Gasteiger partial charge in [-0.15, -0.1) is 11.3 Å². The molecular formula is C30H23FN2O4S. The lowest BCUT2D eigenvalue weighted by atomic mass is 10.1. The van der Waals surface area contributed by atoms with Crippen LogP contribution in [-0.2, 0) is 4.74 Å². The van der Waals surface area contributed by atoms with Crippen LogP contribution < -0.4 is 5.56 Å². The summed E-state index contributed by atoms with van der Waals surface area (Å²) in [7, 11) is 0. The first kappa shape index (κ1) is 25.1. The number of thiophene rings is 1. The maximum absolute atomic E-state index is 13.5. The van der Waals surface area contributed by atoms with E-state index in [0.717, 1.165) is 11.1 Å². The van der Waals surface area contributed by atoms with Crippen LogP contribution in [0.4, 0.5) is 10.1 Å². The van der Waals surface area contributed by atoms with Gasteiger partial charge in [-0.3, -0.25) is 9.79 Å². The SMILES string of the molecule is CCOC(=O)c1sc(-c2ccc(F)cc2)cc1N=Cc1c(O)n(-c2ccc(C)cc2)c(=O)c2ccccc12. The van der Waals surface area contributed by atoms with Gasteiger partial charge in [0, 0.05) is 21.9 Å². The van der Waals surface area contributed by atoms with Gasteiger partial charge in [-0.1, -0.05) is 48.0 Å². The van der Waals surface area contributed by atoms with Gasteiger partial charge < -0.3 is 9.84 Å². The van der Waals surface area contributed by atoms with Crippen LogP contribution in [0.3, 0.4) is 0 Å². The second kappa shape index (κ2) is 10.4. The van der Waals surface area contributed by atoms with Crippen molar-refractivity contribution >= 4 is 40.0 Å². The Morgan fingerprint density at radius 2 is 1.74 bits per heavy atom. The minimum Gasteiger partial charge on any atom is -0.494 e. The van der Waals surface area contributed by atoms with Crippen molar-refractivity contribution in [1.82, 2.24) is 4.57 Å². The number of carbonyl (C=O) groups excluding carboxylic acids is 1. The van der Waals surface area contributed by atoms with Gasteiger partial charge >= 0.3 is 5.97 Å². The summed E-state index contributed by atoms with van der Waals surface area (Å²) in [5.41, 5.74) is 2.56. The van der Waals surface area contributed by atoms with Gasteiger partial charge in [0.1, 0.15) is 10.7 Å². The van der Waals surface area contributed by atoms with Gasteiger partial charge in [-0.05, 0) is 55.8 Å². The van der Waals surface area contributed by atoms with Crippen LogP contribution in [0.15, 0.2) is 88.6 Å². The van der Waals surface area contributed by atoms with Crippen molar-refractivity contribution < 1.29 is 19.0 Å². The molecule has 0 spiro atoms. The molecule has 0 saturated carbocycles. The number of aliphatic imine (C=N–C) groups is 1. The number of esters is 1. The number of halogens is 1. The van der Waals surface area contributed by atoms with Gasteiger partial charge in [-0.2, -0.15) is 0 Å². The Balaban J connectivity index is 1.68. The maximum Gasteiger partial charge on any atom is 0.350 e. The first-order valence-electron chi connectivity index (χ1n) is 11.9. The van der Waals surface area contributed by atoms with Crippen LogP contribution in [0.2, 0.25) is 0 Å². The summed E-state index contributed by atoms with van der Waals surface area (Å²) >= 11 is 1.18. The molecule has 0 bridgehead atoms. The molecular weight excluding hydrogens is 503 g/mol. The van der Waals surface area contributed by atoms with Crippen molar-refractivity contribution in [3.63, 3.8) is 0 Å². The Hall–Kier alpha value is -4.56. The quantitative estimate of drug-likeness (QED) is 0.195. The molecule has 0 fully saturated rings. The zero-order valence-electron chi connectivity index (χ0n) is 20.6. The summed E-state index contributed by atoms with van der Waals surface area (Å²) in [6.45, 7) is 3.85. The molecule has 6 nitrogen and oxygen atoms in total. The summed E-state index contributed by atoms with van der Waals surface area (Å²) in [6, 6.07) is 21.9. The van der Waals surface area contributed by atoms with E-state index in [9.17, 15) is 19.1 Å². The van der Waals surface area contributed by atoms with Crippen LogP contribution in [0.25, 0.3) is 26.9 Å². The molecule has 0 aliphatic rings. The fourth-order valence-electron chi connectivity index (χ4n) is 4.13. The maximum atomic E-state index is 13.5. The average molecular weight is 527 g/mol. The minimum absolute atomic E-state index is 0.193. The molecule has 3 aromatic carbocycles. The number of ether oxygens (including phenoxy) is 1. The van der Waals surface area contributed by atoms with Crippen molar-refractivity contribution in [1.29, 1.82) is 0 Å². The standard InChI is InChI=1S/C30H23FN2O4S/c1-3-37-30(36)27-25(16-26(38-27)19-10-12-20(31)13-11-19)32-17-24-22-6-4-5-7-23(22)28(34)33(29(24)35)21-14-8-18(2)9-15-21/h4-17,35H,3H2,1-2H3. The number of carbonyl (C=O) groups is 1. The Bertz CT molecular complexity index is 1740. The van der Waals surface area contributed by atoms with Crippen LogP contribution in [-0.4, -0.2) is 28.5 Å². The van der Waals surface area contributed by atoms with Crippen molar-refractivity contribution in [3.05, 3.63) is 111 Å². The van der Waals surface area contributed by atoms with E-state index in [1.807, 2.05) is 19.1 Å². The first-order chi connectivity index (χ1) is 18.4. The zero-order valence-corrected chi connectivity index (χ0v) is 21.5. The van der Waals surface area contributed by atoms with Gasteiger partial charge in [-0.25, -0.2) is 13.8 Å². The van der Waals surface area contributed by atoms with Gasteiger partial charge in [0.05, 0.1) is 23.5 Å². The van der Waals surface area contributed by atoms with E-state index in [2.05, 4.69) is 4.99 Å². The molecule has 2 aromatic heterocycles. The normalized spacial score (nSPS) is 11.3. The van der Waals surface area contributed by atoms with Crippen molar-refractivity contribution in [2.45, 2.75) is 13.8 Å². The van der Waals surface area contributed by atoms with Crippen LogP contribution in [0.1, 0.15) is 27.7 Å². The molecule has 0 atom stereocenters. The van der Waals surface area contributed by atoms with Crippen molar-refractivity contribution in [2.24, 2.45) is 4.99 Å². The van der Waals surface area contributed by atoms with E-state index in [0.29, 0.717) is 32.6 Å². The van der Waals surface area contributed by atoms with E-state index in [-0.39, 0.29) is 28.7 Å². The molecule has 0 saturated heterocycles. The second-order valence-electron chi connectivity index (χ2n) is 8.57. The molecule has 2 heterocycles. The average Bonchev–Trinajstić information content (AvgIpc) is 3.35. The molecule has 38 heavy (non-hydrogen) atoms. The number of aromatic nitrogens is 1. The van der Waals surface area contributed by atoms with Crippen molar-refractivity contribution in [3.8, 4) is 22.0 Å². The number of benzene rings is 3. The minimum atomic E-state index is -0.531. The van der Waals surface area contributed by atoms with Crippen LogP contribution in [0.5, 0.6) is 5.88 Å². The van der Waals surface area contributed by atoms with Gasteiger partial charge in [0.25, 0.3) is 5.56 Å². The first-order valence-corrected chi connectivity index (χ1v) is 12.7. The lowest BCUT2D eigenvalue weighted by molar-refractivity contribution is 0.0533. The second-order valence-corrected chi connectivity index (χ2v) is 9.62. The molecule has 8 heteroatoms. The predicted molar refractivity (Wildman–Crippen MR) is 149 cm³/mol. The lowest BCUT2D eigenvalue weighted by Crippen LogP contribution is -2.20. The predicted octanol–water partition coefficient (Wildman–Crippen LogP) is 6.80. The number of pyridine rings is 1. The highest BCUT2D eigenvalue weighted by Gasteiger charge is 2.20. The number of aromatic hydroxyl groups is 1. The summed E-state index contributed by atoms with van der Waals surface area (Å²) in [6.07, 6.45) is 1.45. The van der Waals surface area contributed by atoms with Crippen LogP contribution in [0, 0.1) is 12.7 Å². The molecule has 0 aliphatic heterocycles. The summed E-state index contributed by atoms with van der Waals surface area (Å²) < 4.78 is 19.9. The van der Waals surface area contributed by atoms with E-state index < -0.39 is 5.97 Å². The Morgan fingerprint density at radius 3 is 2.42 bits per heavy atom. The third-order valence-electron chi connectivity index (χ3n) is 6.03. The molecule has 190 valence electrons. The number of hydrogen-bond acceptors (Lipinski definition) is 6. The zero-order chi connectivity index (χ0) is 26.8. The van der Waals surface area contributed by atoms with Gasteiger partial charge in [0.15, 0.2) is 0 Å². The number of aryl methyl sites for hydroxylation is 1. The molecule has 0 unspecified atom stereocenters. The van der Waals surface area contributed by atoms with Gasteiger partial charge in [0.2, 0.25) is 5.88 Å². The Morgan fingerprint density at radius 1 is 1.05 bits per heavy atom. The Kier molecular flexibility index (Phi) is 6.89. The van der Waals surface area contributed by atoms with Crippen LogP contribution >= 0.6 is 11.3 Å². The number of nitrogens with zero attached hydrogens (tertiary/aromatic N) is 2. The highest BCUT2D eigenvalue weighted by atomic mass is 32.1. The summed E-state index contributed by atoms with van der Waals surface area (Å²) in [5.74, 6) is -1.16. The molecule has 0 aliphatic carbocycles. The molecule has 0 radical (unpaired) electrons. The number of hydrogen-bond donors (Lipinski definition) is 1. The Labute approximate surface area is 221 Å². The summed E-state index contributed by atoms with van der Waals surface area (Å²) in [5, 5.41) is 12.2. The van der Waals surface area contributed by atoms with E-state index in [1.54, 1.807) is 61.5 Å². The monoisotopic (exact) mass is 526 g/mol. The van der Waals surface area contributed by atoms with E-state index >= 15 is 0 Å². The number of rotatable bonds is 6. The largest absolute Gasteiger partial charge is 0.494 e. The lowest BCUT2D eigenvalue weighted by Gasteiger charge is -2.14. The highest BCUT2D eigenvalue weighted by molar-refractivity contribution is 7.18. The third kappa shape index (κ3) is 4.73. The molecule has 5 rings (SSSR count). The summed E-state index contributed by atoms with van der Waals surface area (Å²) in [4.78, 5) is 31.6. The van der Waals surface area contributed by atoms with E-state index in [4.69, 9.17) is 4.74 Å². The highest BCUT2D eigenvalue weighted by Crippen LogP contribution is 2.37. The molecule has 5 aromatic rings. The van der Waals surface area contributed by atoms with E-state index in [1.165, 1.54) is 34.3 Å². The van der Waals surface area contributed by atoms with Crippen molar-refractivity contribution in [2.75, 3.05) is 6.61 Å². The smallest absolute Gasteiger partial charge is 0.350 e. The topological polar surface area (TPSA) is 80.9 Å². The fraction of sp³-hybridized carbons (Fsp3) is 0.100. The fourth-order valence-corrected chi connectivity index (χ4v) is 5.14. The molecule has 1 N–H and O–H groups in total. The third-order valence-corrected chi connectivity index (χ3v) is 7.18. The molecule has 0 amide bonds. The number of fused-ring (bicyclic) bond motifs is 1.